The second-order valence-electron chi connectivity index (χ2n) is 3.40. The summed E-state index contributed by atoms with van der Waals surface area (Å²) in [6.45, 7) is 0. The standard InChI is InChI=1S/C12H9Cl2NO2/c1-17-12(16)10-6-15-5-9(10)8-3-2-7(13)4-11(8)14/h2-6,15H,1H3. The first-order valence-corrected chi connectivity index (χ1v) is 5.59. The zero-order valence-electron chi connectivity index (χ0n) is 8.96. The summed E-state index contributed by atoms with van der Waals surface area (Å²) in [6.07, 6.45) is 3.27. The Labute approximate surface area is 108 Å². The molecule has 3 nitrogen and oxygen atoms in total. The van der Waals surface area contributed by atoms with Gasteiger partial charge >= 0.3 is 5.97 Å². The van der Waals surface area contributed by atoms with Crippen LogP contribution in [0.5, 0.6) is 0 Å². The second-order valence-corrected chi connectivity index (χ2v) is 4.24. The average molecular weight is 270 g/mol. The van der Waals surface area contributed by atoms with Gasteiger partial charge in [0.1, 0.15) is 0 Å². The van der Waals surface area contributed by atoms with Gasteiger partial charge in [-0.15, -0.1) is 0 Å². The predicted octanol–water partition coefficient (Wildman–Crippen LogP) is 3.78. The third-order valence-electron chi connectivity index (χ3n) is 2.37. The number of carbonyl (C=O) groups excluding carboxylic acids is 1. The van der Waals surface area contributed by atoms with Crippen molar-refractivity contribution >= 4 is 29.2 Å². The first-order valence-electron chi connectivity index (χ1n) is 4.84. The molecule has 1 aromatic heterocycles. The van der Waals surface area contributed by atoms with Crippen molar-refractivity contribution in [2.24, 2.45) is 0 Å². The van der Waals surface area contributed by atoms with Gasteiger partial charge in [-0.2, -0.15) is 0 Å². The predicted molar refractivity (Wildman–Crippen MR) is 67.6 cm³/mol. The molecule has 88 valence electrons. The number of carbonyl (C=O) groups is 1. The van der Waals surface area contributed by atoms with E-state index in [1.165, 1.54) is 7.11 Å². The summed E-state index contributed by atoms with van der Waals surface area (Å²) < 4.78 is 4.69. The van der Waals surface area contributed by atoms with E-state index in [2.05, 4.69) is 4.98 Å². The SMILES string of the molecule is COC(=O)c1c[nH]cc1-c1ccc(Cl)cc1Cl. The third-order valence-corrected chi connectivity index (χ3v) is 2.92. The van der Waals surface area contributed by atoms with Crippen LogP contribution in [0.2, 0.25) is 10.0 Å². The highest BCUT2D eigenvalue weighted by Crippen LogP contribution is 2.32. The minimum atomic E-state index is -0.410. The molecule has 0 aliphatic rings. The Morgan fingerprint density at radius 1 is 1.24 bits per heavy atom. The number of methoxy groups -OCH3 is 1. The number of halogens is 2. The van der Waals surface area contributed by atoms with E-state index in [0.717, 1.165) is 5.56 Å². The minimum absolute atomic E-state index is 0.410. The molecule has 1 N–H and O–H groups in total. The number of esters is 1. The molecule has 1 aromatic carbocycles. The first kappa shape index (κ1) is 12.0. The van der Waals surface area contributed by atoms with E-state index in [9.17, 15) is 4.79 Å². The smallest absolute Gasteiger partial charge is 0.340 e. The van der Waals surface area contributed by atoms with Gasteiger partial charge in [0.05, 0.1) is 12.7 Å². The van der Waals surface area contributed by atoms with Crippen molar-refractivity contribution in [3.8, 4) is 11.1 Å². The molecule has 0 spiro atoms. The number of H-pyrrole nitrogens is 1. The molecule has 17 heavy (non-hydrogen) atoms. The molecule has 2 rings (SSSR count). The van der Waals surface area contributed by atoms with E-state index in [4.69, 9.17) is 27.9 Å². The number of ether oxygens (including phenoxy) is 1. The Bertz CT molecular complexity index is 563. The van der Waals surface area contributed by atoms with Crippen LogP contribution in [-0.2, 0) is 4.74 Å². The molecular formula is C12H9Cl2NO2. The van der Waals surface area contributed by atoms with Gasteiger partial charge in [-0.25, -0.2) is 4.79 Å². The maximum atomic E-state index is 11.5. The molecule has 1 heterocycles. The zero-order chi connectivity index (χ0) is 12.4. The maximum absolute atomic E-state index is 11.5. The molecule has 2 aromatic rings. The molecule has 0 radical (unpaired) electrons. The lowest BCUT2D eigenvalue weighted by atomic mass is 10.0. The minimum Gasteiger partial charge on any atom is -0.465 e. The fourth-order valence-electron chi connectivity index (χ4n) is 1.57. The Morgan fingerprint density at radius 3 is 2.65 bits per heavy atom. The van der Waals surface area contributed by atoms with Gasteiger partial charge in [-0.3, -0.25) is 0 Å². The largest absolute Gasteiger partial charge is 0.465 e. The number of hydrogen-bond acceptors (Lipinski definition) is 2. The van der Waals surface area contributed by atoms with Crippen LogP contribution in [-0.4, -0.2) is 18.1 Å². The number of nitrogens with one attached hydrogen (secondary N) is 1. The lowest BCUT2D eigenvalue weighted by Gasteiger charge is -2.05. The topological polar surface area (TPSA) is 42.1 Å². The Balaban J connectivity index is 2.53. The summed E-state index contributed by atoms with van der Waals surface area (Å²) in [5.41, 5.74) is 1.87. The van der Waals surface area contributed by atoms with E-state index in [0.29, 0.717) is 21.2 Å². The zero-order valence-corrected chi connectivity index (χ0v) is 10.5. The summed E-state index contributed by atoms with van der Waals surface area (Å²) in [6, 6.07) is 5.11. The summed E-state index contributed by atoms with van der Waals surface area (Å²) in [5, 5.41) is 1.04. The Morgan fingerprint density at radius 2 is 2.00 bits per heavy atom. The highest BCUT2D eigenvalue weighted by Gasteiger charge is 2.16. The molecular weight excluding hydrogens is 261 g/mol. The molecule has 0 atom stereocenters. The summed E-state index contributed by atoms with van der Waals surface area (Å²) in [7, 11) is 1.34. The molecule has 5 heteroatoms. The van der Waals surface area contributed by atoms with Crippen molar-refractivity contribution < 1.29 is 9.53 Å². The molecule has 0 aliphatic carbocycles. The first-order chi connectivity index (χ1) is 8.13. The molecule has 0 saturated heterocycles. The van der Waals surface area contributed by atoms with Crippen molar-refractivity contribution in [3.63, 3.8) is 0 Å². The van der Waals surface area contributed by atoms with Gasteiger partial charge in [0.15, 0.2) is 0 Å². The number of hydrogen-bond donors (Lipinski definition) is 1. The van der Waals surface area contributed by atoms with Gasteiger partial charge in [0.2, 0.25) is 0 Å². The van der Waals surface area contributed by atoms with Crippen molar-refractivity contribution in [2.75, 3.05) is 7.11 Å². The number of aromatic amines is 1. The van der Waals surface area contributed by atoms with E-state index >= 15 is 0 Å². The van der Waals surface area contributed by atoms with E-state index in [-0.39, 0.29) is 0 Å². The number of rotatable bonds is 2. The molecule has 0 bridgehead atoms. The van der Waals surface area contributed by atoms with Gasteiger partial charge in [-0.1, -0.05) is 29.3 Å². The number of aromatic nitrogens is 1. The third kappa shape index (κ3) is 2.30. The van der Waals surface area contributed by atoms with Gasteiger partial charge in [0.25, 0.3) is 0 Å². The van der Waals surface area contributed by atoms with Crippen LogP contribution in [0.3, 0.4) is 0 Å². The van der Waals surface area contributed by atoms with Crippen LogP contribution in [0, 0.1) is 0 Å². The summed E-state index contributed by atoms with van der Waals surface area (Å²) in [5.74, 6) is -0.410. The molecule has 0 aliphatic heterocycles. The lowest BCUT2D eigenvalue weighted by molar-refractivity contribution is 0.0602. The van der Waals surface area contributed by atoms with Crippen LogP contribution in [0.25, 0.3) is 11.1 Å². The van der Waals surface area contributed by atoms with Crippen LogP contribution in [0.15, 0.2) is 30.6 Å². The van der Waals surface area contributed by atoms with Crippen molar-refractivity contribution in [1.82, 2.24) is 4.98 Å². The van der Waals surface area contributed by atoms with Crippen molar-refractivity contribution in [1.29, 1.82) is 0 Å². The van der Waals surface area contributed by atoms with Crippen LogP contribution < -0.4 is 0 Å². The lowest BCUT2D eigenvalue weighted by Crippen LogP contribution is -2.01. The van der Waals surface area contributed by atoms with E-state index < -0.39 is 5.97 Å². The fourth-order valence-corrected chi connectivity index (χ4v) is 2.08. The molecule has 0 saturated carbocycles. The second kappa shape index (κ2) is 4.82. The fraction of sp³-hybridized carbons (Fsp3) is 0.0833. The maximum Gasteiger partial charge on any atom is 0.340 e. The summed E-state index contributed by atoms with van der Waals surface area (Å²) in [4.78, 5) is 14.4. The van der Waals surface area contributed by atoms with Crippen LogP contribution >= 0.6 is 23.2 Å². The highest BCUT2D eigenvalue weighted by atomic mass is 35.5. The van der Waals surface area contributed by atoms with Crippen LogP contribution in [0.1, 0.15) is 10.4 Å². The Kier molecular flexibility index (Phi) is 3.41. The number of benzene rings is 1. The van der Waals surface area contributed by atoms with Crippen LogP contribution in [0.4, 0.5) is 0 Å². The normalized spacial score (nSPS) is 10.3. The van der Waals surface area contributed by atoms with Gasteiger partial charge in [-0.05, 0) is 12.1 Å². The van der Waals surface area contributed by atoms with Crippen molar-refractivity contribution in [2.45, 2.75) is 0 Å². The van der Waals surface area contributed by atoms with E-state index in [1.54, 1.807) is 30.6 Å². The van der Waals surface area contributed by atoms with Gasteiger partial charge < -0.3 is 9.72 Å². The average Bonchev–Trinajstić information content (AvgIpc) is 2.77. The molecule has 0 amide bonds. The molecule has 0 fully saturated rings. The quantitative estimate of drug-likeness (QED) is 0.844. The monoisotopic (exact) mass is 269 g/mol. The van der Waals surface area contributed by atoms with E-state index in [1.807, 2.05) is 0 Å². The summed E-state index contributed by atoms with van der Waals surface area (Å²) >= 11 is 11.9. The Hall–Kier alpha value is -1.45. The molecule has 0 unspecified atom stereocenters. The van der Waals surface area contributed by atoms with Crippen molar-refractivity contribution in [3.05, 3.63) is 46.2 Å². The van der Waals surface area contributed by atoms with Gasteiger partial charge in [0, 0.05) is 33.6 Å². The highest BCUT2D eigenvalue weighted by molar-refractivity contribution is 6.36.